The quantitative estimate of drug-likeness (QED) is 0.401. The van der Waals surface area contributed by atoms with E-state index in [0.29, 0.717) is 16.5 Å². The van der Waals surface area contributed by atoms with E-state index in [4.69, 9.17) is 0 Å². The summed E-state index contributed by atoms with van der Waals surface area (Å²) in [6, 6.07) is 14.5. The third-order valence-corrected chi connectivity index (χ3v) is 4.80. The van der Waals surface area contributed by atoms with E-state index in [0.717, 1.165) is 29.9 Å². The number of H-pyrrole nitrogens is 1. The predicted molar refractivity (Wildman–Crippen MR) is 115 cm³/mol. The van der Waals surface area contributed by atoms with Crippen LogP contribution in [0.15, 0.2) is 65.9 Å². The Balaban J connectivity index is 1.48. The Morgan fingerprint density at radius 3 is 2.90 bits per heavy atom. The van der Waals surface area contributed by atoms with Crippen molar-refractivity contribution in [2.75, 3.05) is 11.9 Å². The first-order chi connectivity index (χ1) is 14.1. The van der Waals surface area contributed by atoms with Gasteiger partial charge in [0.1, 0.15) is 5.82 Å². The van der Waals surface area contributed by atoms with Gasteiger partial charge in [-0.3, -0.25) is 9.98 Å². The summed E-state index contributed by atoms with van der Waals surface area (Å²) in [7, 11) is 0. The average Bonchev–Trinajstić information content (AvgIpc) is 3.05. The number of aromatic hydroxyl groups is 1. The number of benzene rings is 2. The summed E-state index contributed by atoms with van der Waals surface area (Å²) in [5.41, 5.74) is 4.88. The van der Waals surface area contributed by atoms with Gasteiger partial charge in [0.15, 0.2) is 5.88 Å². The summed E-state index contributed by atoms with van der Waals surface area (Å²) in [6.07, 6.45) is 6.01. The van der Waals surface area contributed by atoms with Crippen molar-refractivity contribution in [1.29, 1.82) is 0 Å². The van der Waals surface area contributed by atoms with Gasteiger partial charge < -0.3 is 15.4 Å². The molecule has 0 radical (unpaired) electrons. The Morgan fingerprint density at radius 2 is 2.10 bits per heavy atom. The van der Waals surface area contributed by atoms with Crippen LogP contribution in [0.1, 0.15) is 16.7 Å². The van der Waals surface area contributed by atoms with Gasteiger partial charge in [-0.25, -0.2) is 4.39 Å². The smallest absolute Gasteiger partial charge is 0.198 e. The molecule has 0 saturated heterocycles. The molecule has 0 saturated carbocycles. The Hall–Kier alpha value is -3.67. The lowest BCUT2D eigenvalue weighted by atomic mass is 10.1. The number of halogens is 1. The molecule has 6 heteroatoms. The number of rotatable bonds is 6. The van der Waals surface area contributed by atoms with Crippen LogP contribution in [0.3, 0.4) is 0 Å². The van der Waals surface area contributed by atoms with Crippen molar-refractivity contribution in [1.82, 2.24) is 9.97 Å². The van der Waals surface area contributed by atoms with Gasteiger partial charge in [-0.05, 0) is 60.9 Å². The molecule has 0 fully saturated rings. The van der Waals surface area contributed by atoms with Crippen LogP contribution in [0.4, 0.5) is 15.8 Å². The summed E-state index contributed by atoms with van der Waals surface area (Å²) >= 11 is 0. The van der Waals surface area contributed by atoms with Gasteiger partial charge in [-0.15, -0.1) is 0 Å². The van der Waals surface area contributed by atoms with E-state index < -0.39 is 5.82 Å². The Kier molecular flexibility index (Phi) is 5.24. The number of nitrogens with one attached hydrogen (secondary N) is 2. The van der Waals surface area contributed by atoms with E-state index in [1.807, 2.05) is 37.4 Å². The van der Waals surface area contributed by atoms with Gasteiger partial charge in [0.25, 0.3) is 0 Å². The molecule has 0 bridgehead atoms. The third kappa shape index (κ3) is 4.11. The topological polar surface area (TPSA) is 73.3 Å². The number of aromatic nitrogens is 2. The van der Waals surface area contributed by atoms with Gasteiger partial charge in [-0.1, -0.05) is 12.1 Å². The Morgan fingerprint density at radius 1 is 1.21 bits per heavy atom. The fraction of sp³-hybridized carbons (Fsp3) is 0.130. The molecule has 0 amide bonds. The van der Waals surface area contributed by atoms with Crippen LogP contribution in [0.25, 0.3) is 10.9 Å². The zero-order chi connectivity index (χ0) is 20.2. The summed E-state index contributed by atoms with van der Waals surface area (Å²) in [5, 5.41) is 13.9. The van der Waals surface area contributed by atoms with E-state index in [9.17, 15) is 9.50 Å². The maximum Gasteiger partial charge on any atom is 0.198 e. The number of hydrogen-bond donors (Lipinski definition) is 3. The second-order valence-corrected chi connectivity index (χ2v) is 6.85. The summed E-state index contributed by atoms with van der Waals surface area (Å²) in [4.78, 5) is 11.3. The normalized spacial score (nSPS) is 11.4. The monoisotopic (exact) mass is 388 g/mol. The van der Waals surface area contributed by atoms with Gasteiger partial charge in [0.2, 0.25) is 0 Å². The van der Waals surface area contributed by atoms with Crippen molar-refractivity contribution in [2.24, 2.45) is 4.99 Å². The molecule has 5 nitrogen and oxygen atoms in total. The van der Waals surface area contributed by atoms with E-state index in [1.165, 1.54) is 17.8 Å². The molecule has 0 aliphatic heterocycles. The molecule has 2 aromatic carbocycles. The lowest BCUT2D eigenvalue weighted by Crippen LogP contribution is -2.06. The first-order valence-electron chi connectivity index (χ1n) is 9.38. The van der Waals surface area contributed by atoms with Crippen molar-refractivity contribution < 1.29 is 9.50 Å². The highest BCUT2D eigenvalue weighted by atomic mass is 19.1. The largest absolute Gasteiger partial charge is 0.494 e. The molecule has 146 valence electrons. The lowest BCUT2D eigenvalue weighted by molar-refractivity contribution is 0.457. The van der Waals surface area contributed by atoms with E-state index in [-0.39, 0.29) is 5.88 Å². The van der Waals surface area contributed by atoms with Gasteiger partial charge in [0.05, 0.1) is 16.8 Å². The van der Waals surface area contributed by atoms with Crippen LogP contribution in [0, 0.1) is 12.7 Å². The van der Waals surface area contributed by atoms with Gasteiger partial charge >= 0.3 is 0 Å². The summed E-state index contributed by atoms with van der Waals surface area (Å²) < 4.78 is 14.1. The fourth-order valence-electron chi connectivity index (χ4n) is 3.29. The molecule has 0 atom stereocenters. The number of anilines is 1. The number of aliphatic imine (C=N–C) groups is 1. The van der Waals surface area contributed by atoms with E-state index >= 15 is 0 Å². The number of aryl methyl sites for hydroxylation is 1. The van der Waals surface area contributed by atoms with Crippen molar-refractivity contribution in [3.8, 4) is 5.88 Å². The molecule has 0 unspecified atom stereocenters. The second kappa shape index (κ2) is 8.14. The molecular weight excluding hydrogens is 367 g/mol. The minimum Gasteiger partial charge on any atom is -0.494 e. The Labute approximate surface area is 168 Å². The molecule has 0 aliphatic carbocycles. The van der Waals surface area contributed by atoms with Crippen LogP contribution in [-0.4, -0.2) is 27.8 Å². The highest BCUT2D eigenvalue weighted by molar-refractivity contribution is 6.02. The molecule has 4 rings (SSSR count). The zero-order valence-corrected chi connectivity index (χ0v) is 16.0. The highest BCUT2D eigenvalue weighted by Gasteiger charge is 2.12. The van der Waals surface area contributed by atoms with Crippen LogP contribution in [0.5, 0.6) is 5.88 Å². The molecule has 3 N–H and O–H groups in total. The molecule has 4 aromatic rings. The summed E-state index contributed by atoms with van der Waals surface area (Å²) in [6.45, 7) is 2.81. The highest BCUT2D eigenvalue weighted by Crippen LogP contribution is 2.29. The Bertz CT molecular complexity index is 1170. The van der Waals surface area contributed by atoms with E-state index in [2.05, 4.69) is 26.3 Å². The zero-order valence-electron chi connectivity index (χ0n) is 16.0. The average molecular weight is 388 g/mol. The standard InChI is InChI=1S/C23H21FN4O/c1-15-12-17(7-8-20(15)26-11-9-16-4-3-10-25-13-16)27-14-18-22-19(24)5-2-6-21(22)28-23(18)29/h2-8,10,12-14,26,28-29H,9,11H2,1H3. The molecule has 29 heavy (non-hydrogen) atoms. The molecule has 0 spiro atoms. The molecule has 2 aromatic heterocycles. The number of fused-ring (bicyclic) bond motifs is 1. The van der Waals surface area contributed by atoms with Crippen LogP contribution in [-0.2, 0) is 6.42 Å². The van der Waals surface area contributed by atoms with Crippen LogP contribution >= 0.6 is 0 Å². The minimum absolute atomic E-state index is 0.0979. The maximum atomic E-state index is 14.1. The predicted octanol–water partition coefficient (Wildman–Crippen LogP) is 5.12. The molecular formula is C23H21FN4O. The minimum atomic E-state index is -0.398. The lowest BCUT2D eigenvalue weighted by Gasteiger charge is -2.10. The summed E-state index contributed by atoms with van der Waals surface area (Å²) in [5.74, 6) is -0.496. The third-order valence-electron chi connectivity index (χ3n) is 4.80. The van der Waals surface area contributed by atoms with Crippen LogP contribution < -0.4 is 5.32 Å². The first kappa shape index (κ1) is 18.7. The van der Waals surface area contributed by atoms with Crippen molar-refractivity contribution in [3.05, 3.63) is 83.4 Å². The van der Waals surface area contributed by atoms with Gasteiger partial charge in [0, 0.05) is 36.2 Å². The van der Waals surface area contributed by atoms with Gasteiger partial charge in [-0.2, -0.15) is 0 Å². The number of pyridine rings is 1. The number of nitrogens with zero attached hydrogens (tertiary/aromatic N) is 2. The second-order valence-electron chi connectivity index (χ2n) is 6.85. The van der Waals surface area contributed by atoms with Crippen molar-refractivity contribution >= 4 is 28.5 Å². The number of hydrogen-bond acceptors (Lipinski definition) is 4. The van der Waals surface area contributed by atoms with E-state index in [1.54, 1.807) is 18.3 Å². The van der Waals surface area contributed by atoms with Crippen molar-refractivity contribution in [3.63, 3.8) is 0 Å². The van der Waals surface area contributed by atoms with Crippen LogP contribution in [0.2, 0.25) is 0 Å². The molecule has 2 heterocycles. The van der Waals surface area contributed by atoms with Crippen molar-refractivity contribution in [2.45, 2.75) is 13.3 Å². The first-order valence-corrected chi connectivity index (χ1v) is 9.38. The fourth-order valence-corrected chi connectivity index (χ4v) is 3.29. The SMILES string of the molecule is Cc1cc(N=Cc2c(O)[nH]c3cccc(F)c23)ccc1NCCc1cccnc1. The molecule has 0 aliphatic rings. The maximum absolute atomic E-state index is 14.1. The number of aromatic amines is 1.